The largest absolute Gasteiger partial charge is 0.507 e. The molecule has 0 aliphatic heterocycles. The molecule has 25 heavy (non-hydrogen) atoms. The van der Waals surface area contributed by atoms with E-state index in [0.717, 1.165) is 14.6 Å². The van der Waals surface area contributed by atoms with Crippen LogP contribution in [-0.2, 0) is 4.79 Å². The SMILES string of the molecule is O=C(CSc1n[nH]c(-c2cc(Br)ccc2O)n1)Nc1cccc(Br)c1. The maximum Gasteiger partial charge on any atom is 0.234 e. The summed E-state index contributed by atoms with van der Waals surface area (Å²) < 4.78 is 1.71. The predicted molar refractivity (Wildman–Crippen MR) is 105 cm³/mol. The number of H-pyrrole nitrogens is 1. The summed E-state index contributed by atoms with van der Waals surface area (Å²) in [7, 11) is 0. The monoisotopic (exact) mass is 482 g/mol. The number of nitrogens with one attached hydrogen (secondary N) is 2. The number of phenols is 1. The highest BCUT2D eigenvalue weighted by Crippen LogP contribution is 2.30. The van der Waals surface area contributed by atoms with Crippen LogP contribution in [0, 0.1) is 0 Å². The lowest BCUT2D eigenvalue weighted by atomic mass is 10.2. The van der Waals surface area contributed by atoms with Crippen molar-refractivity contribution in [1.29, 1.82) is 0 Å². The van der Waals surface area contributed by atoms with Crippen molar-refractivity contribution in [3.63, 3.8) is 0 Å². The zero-order valence-corrected chi connectivity index (χ0v) is 16.7. The zero-order valence-electron chi connectivity index (χ0n) is 12.7. The van der Waals surface area contributed by atoms with Gasteiger partial charge in [0.15, 0.2) is 5.82 Å². The minimum absolute atomic E-state index is 0.100. The van der Waals surface area contributed by atoms with Crippen LogP contribution in [0.15, 0.2) is 56.6 Å². The van der Waals surface area contributed by atoms with Crippen molar-refractivity contribution in [2.24, 2.45) is 0 Å². The maximum atomic E-state index is 12.0. The molecule has 0 saturated carbocycles. The van der Waals surface area contributed by atoms with Gasteiger partial charge in [-0.15, -0.1) is 5.10 Å². The summed E-state index contributed by atoms with van der Waals surface area (Å²) >= 11 is 7.92. The lowest BCUT2D eigenvalue weighted by Crippen LogP contribution is -2.14. The smallest absolute Gasteiger partial charge is 0.234 e. The first kappa shape index (κ1) is 18.0. The summed E-state index contributed by atoms with van der Waals surface area (Å²) in [5, 5.41) is 20.0. The van der Waals surface area contributed by atoms with E-state index >= 15 is 0 Å². The fourth-order valence-electron chi connectivity index (χ4n) is 2.02. The van der Waals surface area contributed by atoms with Crippen LogP contribution < -0.4 is 5.32 Å². The van der Waals surface area contributed by atoms with E-state index in [-0.39, 0.29) is 17.4 Å². The molecular formula is C16H12Br2N4O2S. The van der Waals surface area contributed by atoms with Crippen LogP contribution in [0.25, 0.3) is 11.4 Å². The van der Waals surface area contributed by atoms with Crippen LogP contribution in [-0.4, -0.2) is 31.9 Å². The molecule has 0 aliphatic carbocycles. The van der Waals surface area contributed by atoms with Gasteiger partial charge in [-0.1, -0.05) is 49.7 Å². The predicted octanol–water partition coefficient (Wildman–Crippen LogP) is 4.43. The molecule has 0 aliphatic rings. The molecule has 0 bridgehead atoms. The number of rotatable bonds is 5. The topological polar surface area (TPSA) is 90.9 Å². The molecule has 3 rings (SSSR count). The van der Waals surface area contributed by atoms with Crippen LogP contribution in [0.1, 0.15) is 0 Å². The minimum atomic E-state index is -0.153. The van der Waals surface area contributed by atoms with Gasteiger partial charge in [-0.05, 0) is 36.4 Å². The molecule has 0 spiro atoms. The Balaban J connectivity index is 1.62. The van der Waals surface area contributed by atoms with Crippen LogP contribution in [0.3, 0.4) is 0 Å². The fourth-order valence-corrected chi connectivity index (χ4v) is 3.38. The Morgan fingerprint density at radius 3 is 2.80 bits per heavy atom. The normalized spacial score (nSPS) is 10.6. The van der Waals surface area contributed by atoms with E-state index < -0.39 is 0 Å². The van der Waals surface area contributed by atoms with Gasteiger partial charge in [-0.2, -0.15) is 0 Å². The molecule has 3 N–H and O–H groups in total. The third-order valence-corrected chi connectivity index (χ3v) is 4.95. The Bertz CT molecular complexity index is 917. The molecule has 1 amide bonds. The summed E-state index contributed by atoms with van der Waals surface area (Å²) in [6.07, 6.45) is 0. The first-order valence-corrected chi connectivity index (χ1v) is 9.68. The number of phenolic OH excluding ortho intramolecular Hbond substituents is 1. The Morgan fingerprint density at radius 2 is 2.00 bits per heavy atom. The number of halogens is 2. The number of aromatic hydroxyl groups is 1. The number of carbonyl (C=O) groups excluding carboxylic acids is 1. The second-order valence-electron chi connectivity index (χ2n) is 4.98. The minimum Gasteiger partial charge on any atom is -0.507 e. The number of thioether (sulfide) groups is 1. The molecule has 1 aromatic heterocycles. The first-order chi connectivity index (χ1) is 12.0. The van der Waals surface area contributed by atoms with E-state index in [1.807, 2.05) is 24.3 Å². The molecule has 3 aromatic rings. The number of aromatic nitrogens is 3. The van der Waals surface area contributed by atoms with E-state index in [4.69, 9.17) is 0 Å². The molecule has 0 fully saturated rings. The number of aromatic amines is 1. The molecule has 1 heterocycles. The highest BCUT2D eigenvalue weighted by molar-refractivity contribution is 9.10. The van der Waals surface area contributed by atoms with Gasteiger partial charge in [-0.25, -0.2) is 4.98 Å². The van der Waals surface area contributed by atoms with Crippen molar-refractivity contribution >= 4 is 55.2 Å². The zero-order chi connectivity index (χ0) is 17.8. The number of hydrogen-bond acceptors (Lipinski definition) is 5. The Morgan fingerprint density at radius 1 is 1.20 bits per heavy atom. The highest BCUT2D eigenvalue weighted by Gasteiger charge is 2.12. The van der Waals surface area contributed by atoms with Gasteiger partial charge in [0.2, 0.25) is 11.1 Å². The Labute approximate surface area is 164 Å². The van der Waals surface area contributed by atoms with E-state index in [1.54, 1.807) is 18.2 Å². The van der Waals surface area contributed by atoms with Gasteiger partial charge in [0.1, 0.15) is 5.75 Å². The van der Waals surface area contributed by atoms with E-state index in [1.165, 1.54) is 11.8 Å². The molecule has 0 unspecified atom stereocenters. The van der Waals surface area contributed by atoms with Crippen LogP contribution >= 0.6 is 43.6 Å². The number of hydrogen-bond donors (Lipinski definition) is 3. The number of carbonyl (C=O) groups is 1. The van der Waals surface area contributed by atoms with E-state index in [2.05, 4.69) is 52.4 Å². The highest BCUT2D eigenvalue weighted by atomic mass is 79.9. The molecule has 0 saturated heterocycles. The van der Waals surface area contributed by atoms with E-state index in [0.29, 0.717) is 16.5 Å². The van der Waals surface area contributed by atoms with Crippen molar-refractivity contribution in [3.8, 4) is 17.1 Å². The van der Waals surface area contributed by atoms with E-state index in [9.17, 15) is 9.90 Å². The fraction of sp³-hybridized carbons (Fsp3) is 0.0625. The standard InChI is InChI=1S/C16H12Br2N4O2S/c17-9-2-1-3-11(6-9)19-14(24)8-25-16-20-15(21-22-16)12-7-10(18)4-5-13(12)23/h1-7,23H,8H2,(H,19,24)(H,20,21,22). The summed E-state index contributed by atoms with van der Waals surface area (Å²) in [4.78, 5) is 16.3. The summed E-state index contributed by atoms with van der Waals surface area (Å²) in [5.41, 5.74) is 1.25. The van der Waals surface area contributed by atoms with Gasteiger partial charge >= 0.3 is 0 Å². The molecule has 0 radical (unpaired) electrons. The Hall–Kier alpha value is -1.84. The molecule has 9 heteroatoms. The lowest BCUT2D eigenvalue weighted by Gasteiger charge is -2.04. The van der Waals surface area contributed by atoms with Crippen molar-refractivity contribution < 1.29 is 9.90 Å². The quantitative estimate of drug-likeness (QED) is 0.467. The lowest BCUT2D eigenvalue weighted by molar-refractivity contribution is -0.113. The summed E-state index contributed by atoms with van der Waals surface area (Å²) in [6, 6.07) is 12.4. The number of anilines is 1. The second kappa shape index (κ2) is 8.03. The molecule has 0 atom stereocenters. The van der Waals surface area contributed by atoms with Crippen molar-refractivity contribution in [1.82, 2.24) is 15.2 Å². The summed E-state index contributed by atoms with van der Waals surface area (Å²) in [5.74, 6) is 0.561. The third kappa shape index (κ3) is 4.83. The maximum absolute atomic E-state index is 12.0. The Kier molecular flexibility index (Phi) is 5.77. The van der Waals surface area contributed by atoms with Gasteiger partial charge in [0.25, 0.3) is 0 Å². The van der Waals surface area contributed by atoms with Crippen molar-refractivity contribution in [2.75, 3.05) is 11.1 Å². The van der Waals surface area contributed by atoms with Gasteiger partial charge in [0, 0.05) is 14.6 Å². The molecule has 2 aromatic carbocycles. The average Bonchev–Trinajstić information content (AvgIpc) is 3.04. The van der Waals surface area contributed by atoms with Crippen LogP contribution in [0.2, 0.25) is 0 Å². The van der Waals surface area contributed by atoms with Crippen LogP contribution in [0.5, 0.6) is 5.75 Å². The van der Waals surface area contributed by atoms with Crippen LogP contribution in [0.4, 0.5) is 5.69 Å². The number of nitrogens with zero attached hydrogens (tertiary/aromatic N) is 2. The average molecular weight is 484 g/mol. The van der Waals surface area contributed by atoms with Crippen molar-refractivity contribution in [3.05, 3.63) is 51.4 Å². The molecule has 128 valence electrons. The number of benzene rings is 2. The van der Waals surface area contributed by atoms with Crippen molar-refractivity contribution in [2.45, 2.75) is 5.16 Å². The number of amides is 1. The summed E-state index contributed by atoms with van der Waals surface area (Å²) in [6.45, 7) is 0. The third-order valence-electron chi connectivity index (χ3n) is 3.12. The molecule has 6 nitrogen and oxygen atoms in total. The molecular weight excluding hydrogens is 472 g/mol. The second-order valence-corrected chi connectivity index (χ2v) is 7.75. The van der Waals surface area contributed by atoms with Gasteiger partial charge in [0.05, 0.1) is 11.3 Å². The van der Waals surface area contributed by atoms with Gasteiger partial charge in [-0.3, -0.25) is 9.89 Å². The van der Waals surface area contributed by atoms with Gasteiger partial charge < -0.3 is 10.4 Å². The first-order valence-electron chi connectivity index (χ1n) is 7.11.